The number of hydroxylamine groups is 4. The van der Waals surface area contributed by atoms with Crippen LogP contribution in [-0.4, -0.2) is 57.0 Å². The van der Waals surface area contributed by atoms with Crippen LogP contribution in [0.1, 0.15) is 46.5 Å². The lowest BCUT2D eigenvalue weighted by atomic mass is 10.2. The molecule has 2 aliphatic heterocycles. The predicted octanol–water partition coefficient (Wildman–Crippen LogP) is 0.897. The Morgan fingerprint density at radius 2 is 1.78 bits per heavy atom. The first kappa shape index (κ1) is 17.4. The largest absolute Gasteiger partial charge is 0.444 e. The Morgan fingerprint density at radius 3 is 2.30 bits per heavy atom. The fourth-order valence-corrected chi connectivity index (χ4v) is 2.50. The Morgan fingerprint density at radius 1 is 1.22 bits per heavy atom. The molecule has 0 aromatic heterocycles. The number of quaternary nitrogens is 1. The van der Waals surface area contributed by atoms with Gasteiger partial charge >= 0.3 is 23.9 Å². The second kappa shape index (κ2) is 5.89. The van der Waals surface area contributed by atoms with Gasteiger partial charge in [0, 0.05) is 6.54 Å². The van der Waals surface area contributed by atoms with Crippen LogP contribution in [0.5, 0.6) is 0 Å². The zero-order valence-corrected chi connectivity index (χ0v) is 13.4. The topological polar surface area (TPSA) is 110 Å². The molecule has 0 saturated carbocycles. The zero-order valence-electron chi connectivity index (χ0n) is 13.4. The first-order chi connectivity index (χ1) is 10.5. The molecule has 23 heavy (non-hydrogen) atoms. The van der Waals surface area contributed by atoms with Gasteiger partial charge < -0.3 is 4.74 Å². The van der Waals surface area contributed by atoms with Crippen molar-refractivity contribution in [1.82, 2.24) is 4.90 Å². The molecule has 2 rings (SSSR count). The van der Waals surface area contributed by atoms with Crippen LogP contribution in [0.15, 0.2) is 0 Å². The highest BCUT2D eigenvalue weighted by Crippen LogP contribution is 2.26. The number of hydrogen-bond acceptors (Lipinski definition) is 7. The lowest BCUT2D eigenvalue weighted by molar-refractivity contribution is -1.12. The average molecular weight is 329 g/mol. The second-order valence-electron chi connectivity index (χ2n) is 6.61. The number of carbonyl (C=O) groups is 4. The summed E-state index contributed by atoms with van der Waals surface area (Å²) >= 11 is 0. The van der Waals surface area contributed by atoms with E-state index in [1.165, 1.54) is 4.90 Å². The molecule has 0 aromatic rings. The summed E-state index contributed by atoms with van der Waals surface area (Å²) in [5, 5.41) is 9.93. The fourth-order valence-electron chi connectivity index (χ4n) is 2.50. The normalized spacial score (nSPS) is 24.0. The van der Waals surface area contributed by atoms with Crippen molar-refractivity contribution in [2.75, 3.05) is 6.54 Å². The van der Waals surface area contributed by atoms with Gasteiger partial charge in [-0.2, -0.15) is 5.21 Å². The quantitative estimate of drug-likeness (QED) is 0.455. The molecule has 0 bridgehead atoms. The van der Waals surface area contributed by atoms with Crippen LogP contribution in [0.3, 0.4) is 0 Å². The number of nitrogens with zero attached hydrogens (tertiary/aromatic N) is 2. The van der Waals surface area contributed by atoms with Crippen molar-refractivity contribution in [3.63, 3.8) is 0 Å². The Bertz CT molecular complexity index is 536. The van der Waals surface area contributed by atoms with Crippen molar-refractivity contribution in [1.29, 1.82) is 0 Å². The SMILES string of the molecule is CC(C)(C)OC(=O)N1CCC[C@H]1C(=O)O[N+]1(O)C(=O)CCC1=O. The number of imide groups is 1. The summed E-state index contributed by atoms with van der Waals surface area (Å²) in [6.07, 6.45) is -0.209. The van der Waals surface area contributed by atoms with E-state index >= 15 is 0 Å². The first-order valence-electron chi connectivity index (χ1n) is 7.46. The summed E-state index contributed by atoms with van der Waals surface area (Å²) in [5.41, 5.74) is -0.722. The predicted molar refractivity (Wildman–Crippen MR) is 73.3 cm³/mol. The molecule has 2 heterocycles. The molecule has 0 aliphatic carbocycles. The third kappa shape index (κ3) is 3.50. The van der Waals surface area contributed by atoms with Crippen LogP contribution >= 0.6 is 0 Å². The molecule has 0 spiro atoms. The second-order valence-corrected chi connectivity index (χ2v) is 6.61. The molecule has 2 saturated heterocycles. The summed E-state index contributed by atoms with van der Waals surface area (Å²) < 4.78 is 5.22. The highest BCUT2D eigenvalue weighted by Gasteiger charge is 2.56. The van der Waals surface area contributed by atoms with Crippen molar-refractivity contribution in [3.05, 3.63) is 0 Å². The Hall–Kier alpha value is -2.00. The van der Waals surface area contributed by atoms with Crippen molar-refractivity contribution in [3.8, 4) is 0 Å². The third-order valence-electron chi connectivity index (χ3n) is 3.60. The molecule has 1 N–H and O–H groups in total. The molecule has 0 radical (unpaired) electrons. The minimum absolute atomic E-state index is 0.191. The molecule has 128 valence electrons. The van der Waals surface area contributed by atoms with E-state index in [9.17, 15) is 24.4 Å². The first-order valence-corrected chi connectivity index (χ1v) is 7.46. The van der Waals surface area contributed by atoms with Crippen LogP contribution in [0.4, 0.5) is 4.79 Å². The minimum Gasteiger partial charge on any atom is -0.444 e. The van der Waals surface area contributed by atoms with E-state index in [-0.39, 0.29) is 12.8 Å². The van der Waals surface area contributed by atoms with E-state index in [2.05, 4.69) is 0 Å². The molecule has 2 aliphatic rings. The Labute approximate surface area is 133 Å². The third-order valence-corrected chi connectivity index (χ3v) is 3.60. The van der Waals surface area contributed by atoms with E-state index in [1.807, 2.05) is 0 Å². The molecule has 2 fully saturated rings. The Kier molecular flexibility index (Phi) is 4.45. The van der Waals surface area contributed by atoms with E-state index in [1.54, 1.807) is 20.8 Å². The summed E-state index contributed by atoms with van der Waals surface area (Å²) in [5.74, 6) is -2.80. The fraction of sp³-hybridized carbons (Fsp3) is 0.714. The van der Waals surface area contributed by atoms with Crippen LogP contribution < -0.4 is 0 Å². The molecule has 0 unspecified atom stereocenters. The number of likely N-dealkylation sites (tertiary alicyclic amines) is 1. The van der Waals surface area contributed by atoms with E-state index in [0.29, 0.717) is 19.4 Å². The number of hydrogen-bond donors (Lipinski definition) is 1. The molecule has 9 heteroatoms. The van der Waals surface area contributed by atoms with Gasteiger partial charge in [-0.15, -0.1) is 0 Å². The van der Waals surface area contributed by atoms with E-state index < -0.39 is 40.3 Å². The van der Waals surface area contributed by atoms with Crippen LogP contribution in [0, 0.1) is 0 Å². The lowest BCUT2D eigenvalue weighted by Crippen LogP contribution is -2.54. The van der Waals surface area contributed by atoms with Crippen LogP contribution in [0.25, 0.3) is 0 Å². The number of amides is 3. The number of ether oxygens (including phenoxy) is 1. The maximum atomic E-state index is 12.2. The summed E-state index contributed by atoms with van der Waals surface area (Å²) in [4.78, 5) is 51.4. The number of carbonyl (C=O) groups excluding carboxylic acids is 4. The van der Waals surface area contributed by atoms with Crippen molar-refractivity contribution in [2.24, 2.45) is 0 Å². The molecular weight excluding hydrogens is 308 g/mol. The maximum Gasteiger partial charge on any atom is 0.411 e. The molecular formula is C14H21N2O7+. The average Bonchev–Trinajstić information content (AvgIpc) is 2.99. The van der Waals surface area contributed by atoms with Crippen molar-refractivity contribution < 1.29 is 38.8 Å². The Balaban J connectivity index is 2.08. The summed E-state index contributed by atoms with van der Waals surface area (Å²) in [6.45, 7) is 5.39. The van der Waals surface area contributed by atoms with Crippen molar-refractivity contribution in [2.45, 2.75) is 58.1 Å². The van der Waals surface area contributed by atoms with Gasteiger partial charge in [0.2, 0.25) is 0 Å². The molecule has 0 aromatic carbocycles. The maximum absolute atomic E-state index is 12.2. The van der Waals surface area contributed by atoms with E-state index in [4.69, 9.17) is 9.57 Å². The standard InChI is InChI=1S/C14H21N2O7/c1-14(2,3)22-13(20)15-8-4-5-9(15)12(19)23-16(21)10(17)6-7-11(16)18/h9,21H,4-8H2,1-3H3/q+1/t9-/m0/s1. The molecule has 1 atom stereocenters. The van der Waals surface area contributed by atoms with Gasteiger partial charge in [0.05, 0.1) is 12.8 Å². The minimum atomic E-state index is -1.97. The highest BCUT2D eigenvalue weighted by atomic mass is 17.0. The van der Waals surface area contributed by atoms with Gasteiger partial charge in [0.25, 0.3) is 0 Å². The highest BCUT2D eigenvalue weighted by molar-refractivity contribution is 5.91. The number of rotatable bonds is 2. The van der Waals surface area contributed by atoms with Gasteiger partial charge in [0.15, 0.2) is 0 Å². The van der Waals surface area contributed by atoms with Gasteiger partial charge in [-0.1, -0.05) is 0 Å². The zero-order chi connectivity index (χ0) is 17.4. The molecule has 9 nitrogen and oxygen atoms in total. The monoisotopic (exact) mass is 329 g/mol. The lowest BCUT2D eigenvalue weighted by Gasteiger charge is -2.27. The van der Waals surface area contributed by atoms with Crippen LogP contribution in [0.2, 0.25) is 0 Å². The summed E-state index contributed by atoms with van der Waals surface area (Å²) in [6, 6.07) is -0.992. The van der Waals surface area contributed by atoms with Gasteiger partial charge in [-0.25, -0.2) is 24.0 Å². The summed E-state index contributed by atoms with van der Waals surface area (Å²) in [7, 11) is 0. The van der Waals surface area contributed by atoms with Crippen molar-refractivity contribution >= 4 is 23.9 Å². The van der Waals surface area contributed by atoms with E-state index in [0.717, 1.165) is 0 Å². The van der Waals surface area contributed by atoms with Gasteiger partial charge in [-0.05, 0) is 33.6 Å². The van der Waals surface area contributed by atoms with Gasteiger partial charge in [-0.3, -0.25) is 4.90 Å². The molecule has 3 amide bonds. The smallest absolute Gasteiger partial charge is 0.411 e. The van der Waals surface area contributed by atoms with Crippen LogP contribution in [-0.2, 0) is 24.0 Å². The van der Waals surface area contributed by atoms with Gasteiger partial charge in [0.1, 0.15) is 16.5 Å².